The summed E-state index contributed by atoms with van der Waals surface area (Å²) in [6.07, 6.45) is 3.81. The third kappa shape index (κ3) is 2.57. The van der Waals surface area contributed by atoms with Gasteiger partial charge in [0.25, 0.3) is 5.91 Å². The van der Waals surface area contributed by atoms with Crippen LogP contribution in [0.1, 0.15) is 10.4 Å². The number of nitrogens with one attached hydrogen (secondary N) is 1. The number of nitrogens with zero attached hydrogens (tertiary/aromatic N) is 3. The Kier molecular flexibility index (Phi) is 2.99. The average Bonchev–Trinajstić information content (AvgIpc) is 2.34. The van der Waals surface area contributed by atoms with Gasteiger partial charge in [-0.25, -0.2) is 9.97 Å². The van der Waals surface area contributed by atoms with Crippen LogP contribution in [-0.2, 0) is 0 Å². The zero-order valence-corrected chi connectivity index (χ0v) is 8.39. The van der Waals surface area contributed by atoms with Crippen LogP contribution in [0.2, 0.25) is 0 Å². The van der Waals surface area contributed by atoms with Gasteiger partial charge in [-0.3, -0.25) is 4.79 Å². The molecule has 17 heavy (non-hydrogen) atoms. The van der Waals surface area contributed by atoms with Gasteiger partial charge in [0.15, 0.2) is 0 Å². The molecule has 2 aromatic heterocycles. The van der Waals surface area contributed by atoms with Crippen LogP contribution in [0.3, 0.4) is 0 Å². The van der Waals surface area contributed by atoms with Gasteiger partial charge in [0, 0.05) is 12.4 Å². The molecule has 1 amide bonds. The van der Waals surface area contributed by atoms with Gasteiger partial charge in [-0.1, -0.05) is 0 Å². The number of hydrogen-bond acceptors (Lipinski definition) is 4. The van der Waals surface area contributed by atoms with Crippen LogP contribution in [0.15, 0.2) is 30.9 Å². The summed E-state index contributed by atoms with van der Waals surface area (Å²) < 4.78 is 25.7. The second kappa shape index (κ2) is 4.60. The standard InChI is InChI=1S/C10H6F2N4O/c11-8-2-1-7(9(12)16-8)15-10(17)6-3-13-5-14-4-6/h1-5H,(H,15,17). The second-order valence-corrected chi connectivity index (χ2v) is 3.05. The zero-order valence-electron chi connectivity index (χ0n) is 8.39. The summed E-state index contributed by atoms with van der Waals surface area (Å²) in [6, 6.07) is 2.03. The topological polar surface area (TPSA) is 67.8 Å². The fraction of sp³-hybridized carbons (Fsp3) is 0. The average molecular weight is 236 g/mol. The Labute approximate surface area is 94.6 Å². The monoisotopic (exact) mass is 236 g/mol. The first-order chi connectivity index (χ1) is 8.16. The maximum Gasteiger partial charge on any atom is 0.258 e. The van der Waals surface area contributed by atoms with Crippen molar-refractivity contribution in [2.24, 2.45) is 0 Å². The lowest BCUT2D eigenvalue weighted by atomic mass is 10.3. The highest BCUT2D eigenvalue weighted by atomic mass is 19.1. The summed E-state index contributed by atoms with van der Waals surface area (Å²) in [5.74, 6) is -2.64. The van der Waals surface area contributed by atoms with Gasteiger partial charge >= 0.3 is 0 Å². The van der Waals surface area contributed by atoms with E-state index >= 15 is 0 Å². The molecule has 0 saturated carbocycles. The molecule has 0 saturated heterocycles. The zero-order chi connectivity index (χ0) is 12.3. The van der Waals surface area contributed by atoms with E-state index < -0.39 is 17.8 Å². The number of carbonyl (C=O) groups is 1. The van der Waals surface area contributed by atoms with Crippen molar-refractivity contribution in [3.05, 3.63) is 48.3 Å². The molecule has 0 aliphatic heterocycles. The van der Waals surface area contributed by atoms with E-state index in [1.807, 2.05) is 0 Å². The molecule has 1 N–H and O–H groups in total. The predicted octanol–water partition coefficient (Wildman–Crippen LogP) is 1.40. The first kappa shape index (κ1) is 11.1. The van der Waals surface area contributed by atoms with E-state index in [9.17, 15) is 13.6 Å². The van der Waals surface area contributed by atoms with Crippen LogP contribution < -0.4 is 5.32 Å². The van der Waals surface area contributed by atoms with Gasteiger partial charge in [0.05, 0.1) is 11.3 Å². The quantitative estimate of drug-likeness (QED) is 0.800. The van der Waals surface area contributed by atoms with Crippen molar-refractivity contribution in [1.82, 2.24) is 15.0 Å². The molecule has 0 radical (unpaired) electrons. The Balaban J connectivity index is 2.19. The lowest BCUT2D eigenvalue weighted by Crippen LogP contribution is -2.14. The van der Waals surface area contributed by atoms with Gasteiger partial charge in [-0.15, -0.1) is 0 Å². The molecule has 2 rings (SSSR count). The van der Waals surface area contributed by atoms with Gasteiger partial charge in [0.2, 0.25) is 11.9 Å². The highest BCUT2D eigenvalue weighted by Crippen LogP contribution is 2.12. The molecule has 0 spiro atoms. The summed E-state index contributed by atoms with van der Waals surface area (Å²) >= 11 is 0. The molecule has 5 nitrogen and oxygen atoms in total. The molecule has 0 fully saturated rings. The number of amides is 1. The van der Waals surface area contributed by atoms with Crippen LogP contribution >= 0.6 is 0 Å². The Morgan fingerprint density at radius 2 is 1.88 bits per heavy atom. The molecule has 0 aliphatic carbocycles. The van der Waals surface area contributed by atoms with Crippen molar-refractivity contribution in [1.29, 1.82) is 0 Å². The highest BCUT2D eigenvalue weighted by molar-refractivity contribution is 6.03. The minimum absolute atomic E-state index is 0.163. The number of carbonyl (C=O) groups excluding carboxylic acids is 1. The number of aromatic nitrogens is 3. The molecule has 0 unspecified atom stereocenters. The molecule has 0 aliphatic rings. The van der Waals surface area contributed by atoms with E-state index in [0.29, 0.717) is 0 Å². The number of halogens is 2. The van der Waals surface area contributed by atoms with Gasteiger partial charge in [-0.05, 0) is 12.1 Å². The van der Waals surface area contributed by atoms with Crippen molar-refractivity contribution in [3.8, 4) is 0 Å². The maximum absolute atomic E-state index is 13.1. The van der Waals surface area contributed by atoms with Crippen molar-refractivity contribution >= 4 is 11.6 Å². The Bertz CT molecular complexity index is 547. The number of hydrogen-bond donors (Lipinski definition) is 1. The predicted molar refractivity (Wildman–Crippen MR) is 54.1 cm³/mol. The molecule has 2 heterocycles. The molecule has 86 valence electrons. The first-order valence-corrected chi connectivity index (χ1v) is 4.55. The summed E-state index contributed by atoms with van der Waals surface area (Å²) in [7, 11) is 0. The summed E-state index contributed by atoms with van der Waals surface area (Å²) in [5, 5.41) is 2.23. The van der Waals surface area contributed by atoms with Crippen LogP contribution in [0.4, 0.5) is 14.5 Å². The van der Waals surface area contributed by atoms with Crippen LogP contribution in [-0.4, -0.2) is 20.9 Å². The minimum Gasteiger partial charge on any atom is -0.318 e. The number of anilines is 1. The van der Waals surface area contributed by atoms with Crippen molar-refractivity contribution in [3.63, 3.8) is 0 Å². The van der Waals surface area contributed by atoms with E-state index in [1.165, 1.54) is 18.7 Å². The number of rotatable bonds is 2. The molecule has 7 heteroatoms. The Morgan fingerprint density at radius 3 is 2.53 bits per heavy atom. The van der Waals surface area contributed by atoms with E-state index in [0.717, 1.165) is 12.1 Å². The Morgan fingerprint density at radius 1 is 1.18 bits per heavy atom. The first-order valence-electron chi connectivity index (χ1n) is 4.55. The third-order valence-corrected chi connectivity index (χ3v) is 1.89. The molecular weight excluding hydrogens is 230 g/mol. The van der Waals surface area contributed by atoms with Crippen LogP contribution in [0.5, 0.6) is 0 Å². The molecule has 2 aromatic rings. The van der Waals surface area contributed by atoms with Gasteiger partial charge in [-0.2, -0.15) is 13.8 Å². The normalized spacial score (nSPS) is 10.0. The molecular formula is C10H6F2N4O. The Hall–Kier alpha value is -2.44. The second-order valence-electron chi connectivity index (χ2n) is 3.05. The highest BCUT2D eigenvalue weighted by Gasteiger charge is 2.11. The fourth-order valence-electron chi connectivity index (χ4n) is 1.12. The summed E-state index contributed by atoms with van der Waals surface area (Å²) in [5.41, 5.74) is -0.0449. The van der Waals surface area contributed by atoms with Crippen molar-refractivity contribution in [2.75, 3.05) is 5.32 Å². The van der Waals surface area contributed by atoms with Gasteiger partial charge < -0.3 is 5.32 Å². The largest absolute Gasteiger partial charge is 0.318 e. The minimum atomic E-state index is -1.09. The maximum atomic E-state index is 13.1. The van der Waals surface area contributed by atoms with Crippen LogP contribution in [0.25, 0.3) is 0 Å². The number of pyridine rings is 1. The molecule has 0 bridgehead atoms. The lowest BCUT2D eigenvalue weighted by molar-refractivity contribution is 0.102. The fourth-order valence-corrected chi connectivity index (χ4v) is 1.12. The van der Waals surface area contributed by atoms with E-state index in [-0.39, 0.29) is 11.3 Å². The van der Waals surface area contributed by atoms with Gasteiger partial charge in [0.1, 0.15) is 6.33 Å². The van der Waals surface area contributed by atoms with E-state index in [2.05, 4.69) is 20.3 Å². The molecule has 0 atom stereocenters. The van der Waals surface area contributed by atoms with E-state index in [1.54, 1.807) is 0 Å². The molecule has 0 aromatic carbocycles. The van der Waals surface area contributed by atoms with E-state index in [4.69, 9.17) is 0 Å². The lowest BCUT2D eigenvalue weighted by Gasteiger charge is -2.04. The van der Waals surface area contributed by atoms with Crippen molar-refractivity contribution < 1.29 is 13.6 Å². The van der Waals surface area contributed by atoms with Crippen LogP contribution in [0, 0.1) is 11.9 Å². The van der Waals surface area contributed by atoms with Crippen molar-refractivity contribution in [2.45, 2.75) is 0 Å². The summed E-state index contributed by atoms with van der Waals surface area (Å²) in [4.78, 5) is 21.8. The SMILES string of the molecule is O=C(Nc1ccc(F)nc1F)c1cncnc1. The summed E-state index contributed by atoms with van der Waals surface area (Å²) in [6.45, 7) is 0. The third-order valence-electron chi connectivity index (χ3n) is 1.89. The smallest absolute Gasteiger partial charge is 0.258 e.